The summed E-state index contributed by atoms with van der Waals surface area (Å²) in [5, 5.41) is 15.4. The zero-order valence-electron chi connectivity index (χ0n) is 27.2. The Bertz CT molecular complexity index is 1910. The number of fused-ring (bicyclic) bond motifs is 1. The number of carbonyl (C=O) groups is 2. The number of anilines is 3. The number of carbonyl (C=O) groups excluding carboxylic acids is 2. The molecule has 5 aromatic rings. The van der Waals surface area contributed by atoms with Crippen molar-refractivity contribution in [1.29, 1.82) is 0 Å². The van der Waals surface area contributed by atoms with Crippen molar-refractivity contribution in [1.82, 2.24) is 34.5 Å². The number of halogens is 2. The third kappa shape index (κ3) is 7.51. The van der Waals surface area contributed by atoms with E-state index in [1.165, 1.54) is 12.1 Å². The minimum absolute atomic E-state index is 0.0956. The van der Waals surface area contributed by atoms with Crippen molar-refractivity contribution in [3.05, 3.63) is 71.9 Å². The lowest BCUT2D eigenvalue weighted by Crippen LogP contribution is -2.44. The average molecular weight is 648 g/mol. The summed E-state index contributed by atoms with van der Waals surface area (Å²) in [6.07, 6.45) is -3.42. The van der Waals surface area contributed by atoms with E-state index >= 15 is 0 Å². The molecule has 0 saturated carbocycles. The first-order chi connectivity index (χ1) is 22.0. The molecule has 0 aliphatic rings. The number of nitrogens with one attached hydrogen (secondary N) is 1. The quantitative estimate of drug-likeness (QED) is 0.198. The van der Waals surface area contributed by atoms with E-state index in [1.54, 1.807) is 65.4 Å². The van der Waals surface area contributed by atoms with Crippen LogP contribution in [0.2, 0.25) is 0 Å². The lowest BCUT2D eigenvalue weighted by Gasteiger charge is -2.29. The standard InChI is InChI=1S/C32H35F2N9O4/c1-18-9-13-25(39-38-18)36-20-10-11-23-21(16-20)35-17-41(23)26-14-12-24(28(37-26)43-19(2)15-22(40-43)27(33)34)42(29(44)46-31(3,4)5)30(45)47-32(6,7)8/h9-17,27H,1-8H3,(H,36,39). The molecule has 1 N–H and O–H groups in total. The van der Waals surface area contributed by atoms with E-state index in [9.17, 15) is 18.4 Å². The van der Waals surface area contributed by atoms with Crippen LogP contribution in [0, 0.1) is 13.8 Å². The predicted molar refractivity (Wildman–Crippen MR) is 171 cm³/mol. The van der Waals surface area contributed by atoms with Gasteiger partial charge < -0.3 is 14.8 Å². The third-order valence-electron chi connectivity index (χ3n) is 6.43. The summed E-state index contributed by atoms with van der Waals surface area (Å²) in [4.78, 5) is 37.0. The smallest absolute Gasteiger partial charge is 0.424 e. The summed E-state index contributed by atoms with van der Waals surface area (Å²) in [5.74, 6) is 0.772. The average Bonchev–Trinajstić information content (AvgIpc) is 3.56. The molecule has 0 bridgehead atoms. The topological polar surface area (TPSA) is 142 Å². The largest absolute Gasteiger partial charge is 0.443 e. The van der Waals surface area contributed by atoms with Gasteiger partial charge in [0.15, 0.2) is 11.6 Å². The normalized spacial score (nSPS) is 12.0. The fourth-order valence-corrected chi connectivity index (χ4v) is 4.49. The molecule has 0 spiro atoms. The first-order valence-corrected chi connectivity index (χ1v) is 14.7. The fourth-order valence-electron chi connectivity index (χ4n) is 4.49. The lowest BCUT2D eigenvalue weighted by atomic mass is 10.2. The van der Waals surface area contributed by atoms with Crippen LogP contribution in [-0.2, 0) is 9.47 Å². The van der Waals surface area contributed by atoms with Crippen LogP contribution >= 0.6 is 0 Å². The highest BCUT2D eigenvalue weighted by molar-refractivity contribution is 6.10. The van der Waals surface area contributed by atoms with Gasteiger partial charge >= 0.3 is 12.2 Å². The second kappa shape index (κ2) is 12.4. The van der Waals surface area contributed by atoms with Gasteiger partial charge in [0.1, 0.15) is 34.7 Å². The van der Waals surface area contributed by atoms with Crippen LogP contribution in [0.3, 0.4) is 0 Å². The van der Waals surface area contributed by atoms with Crippen LogP contribution in [0.15, 0.2) is 54.9 Å². The molecule has 0 fully saturated rings. The fraction of sp³-hybridized carbons (Fsp3) is 0.344. The number of nitrogens with zero attached hydrogens (tertiary/aromatic N) is 8. The lowest BCUT2D eigenvalue weighted by molar-refractivity contribution is 0.0430. The van der Waals surface area contributed by atoms with Gasteiger partial charge in [0.2, 0.25) is 0 Å². The third-order valence-corrected chi connectivity index (χ3v) is 6.43. The minimum atomic E-state index is -2.87. The van der Waals surface area contributed by atoms with Gasteiger partial charge in [0.25, 0.3) is 6.43 Å². The Morgan fingerprint density at radius 2 is 1.57 bits per heavy atom. The van der Waals surface area contributed by atoms with E-state index in [0.29, 0.717) is 27.6 Å². The Hall–Kier alpha value is -5.47. The summed E-state index contributed by atoms with van der Waals surface area (Å²) in [7, 11) is 0. The van der Waals surface area contributed by atoms with E-state index < -0.39 is 35.5 Å². The second-order valence-electron chi connectivity index (χ2n) is 12.7. The zero-order chi connectivity index (χ0) is 34.3. The van der Waals surface area contributed by atoms with Gasteiger partial charge in [0.05, 0.1) is 16.7 Å². The number of ether oxygens (including phenoxy) is 2. The Labute approximate surface area is 269 Å². The maximum atomic E-state index is 13.7. The van der Waals surface area contributed by atoms with Gasteiger partial charge in [-0.2, -0.15) is 15.1 Å². The maximum Gasteiger partial charge on any atom is 0.424 e. The van der Waals surface area contributed by atoms with Crippen molar-refractivity contribution in [3.63, 3.8) is 0 Å². The molecule has 0 atom stereocenters. The predicted octanol–water partition coefficient (Wildman–Crippen LogP) is 7.37. The molecule has 0 saturated heterocycles. The number of hydrogen-bond acceptors (Lipinski definition) is 10. The van der Waals surface area contributed by atoms with Crippen LogP contribution in [0.25, 0.3) is 22.7 Å². The number of imide groups is 1. The van der Waals surface area contributed by atoms with E-state index in [-0.39, 0.29) is 17.2 Å². The summed E-state index contributed by atoms with van der Waals surface area (Å²) in [6, 6.07) is 13.3. The van der Waals surface area contributed by atoms with E-state index in [4.69, 9.17) is 14.5 Å². The van der Waals surface area contributed by atoms with Crippen LogP contribution in [-0.4, -0.2) is 57.9 Å². The Balaban J connectivity index is 1.64. The maximum absolute atomic E-state index is 13.7. The second-order valence-corrected chi connectivity index (χ2v) is 12.7. The van der Waals surface area contributed by atoms with Crippen molar-refractivity contribution in [2.75, 3.05) is 10.2 Å². The van der Waals surface area contributed by atoms with Crippen molar-refractivity contribution < 1.29 is 27.8 Å². The molecule has 47 heavy (non-hydrogen) atoms. The minimum Gasteiger partial charge on any atom is -0.443 e. The Morgan fingerprint density at radius 3 is 2.15 bits per heavy atom. The van der Waals surface area contributed by atoms with Crippen molar-refractivity contribution in [2.45, 2.75) is 73.0 Å². The van der Waals surface area contributed by atoms with E-state index in [1.807, 2.05) is 37.3 Å². The highest BCUT2D eigenvalue weighted by atomic mass is 19.3. The van der Waals surface area contributed by atoms with Gasteiger partial charge in [-0.05, 0) is 104 Å². The molecule has 13 nitrogen and oxygen atoms in total. The number of aromatic nitrogens is 7. The SMILES string of the molecule is Cc1ccc(Nc2ccc3c(c2)ncn3-c2ccc(N(C(=O)OC(C)(C)C)C(=O)OC(C)(C)C)c(-n3nc(C(F)F)cc3C)n2)nn1. The summed E-state index contributed by atoms with van der Waals surface area (Å²) < 4.78 is 41.4. The van der Waals surface area contributed by atoms with Crippen LogP contribution < -0.4 is 10.2 Å². The first-order valence-electron chi connectivity index (χ1n) is 14.7. The molecule has 2 amide bonds. The van der Waals surface area contributed by atoms with E-state index in [0.717, 1.165) is 16.1 Å². The number of imidazole rings is 1. The Kier molecular flexibility index (Phi) is 8.67. The molecule has 4 aromatic heterocycles. The number of rotatable bonds is 6. The van der Waals surface area contributed by atoms with Gasteiger partial charge in [-0.3, -0.25) is 4.57 Å². The number of aryl methyl sites for hydroxylation is 2. The summed E-state index contributed by atoms with van der Waals surface area (Å²) in [5.41, 5.74) is 0.508. The Morgan fingerprint density at radius 1 is 0.894 bits per heavy atom. The van der Waals surface area contributed by atoms with Gasteiger partial charge in [-0.25, -0.2) is 33.0 Å². The van der Waals surface area contributed by atoms with Crippen molar-refractivity contribution >= 4 is 40.4 Å². The summed E-state index contributed by atoms with van der Waals surface area (Å²) in [6.45, 7) is 13.3. The van der Waals surface area contributed by atoms with Gasteiger partial charge in [0, 0.05) is 11.4 Å². The highest BCUT2D eigenvalue weighted by Crippen LogP contribution is 2.31. The molecule has 0 radical (unpaired) electrons. The van der Waals surface area contributed by atoms with Crippen LogP contribution in [0.1, 0.15) is 65.0 Å². The highest BCUT2D eigenvalue weighted by Gasteiger charge is 2.35. The molecule has 0 aliphatic heterocycles. The molecule has 15 heteroatoms. The van der Waals surface area contributed by atoms with Gasteiger partial charge in [-0.1, -0.05) is 0 Å². The number of amides is 2. The van der Waals surface area contributed by atoms with Crippen LogP contribution in [0.4, 0.5) is 35.6 Å². The first kappa shape index (κ1) is 32.9. The molecule has 0 unspecified atom stereocenters. The van der Waals surface area contributed by atoms with Crippen LogP contribution in [0.5, 0.6) is 0 Å². The molecule has 246 valence electrons. The van der Waals surface area contributed by atoms with Crippen molar-refractivity contribution in [3.8, 4) is 11.6 Å². The number of alkyl halides is 2. The molecular weight excluding hydrogens is 612 g/mol. The molecule has 1 aromatic carbocycles. The van der Waals surface area contributed by atoms with Gasteiger partial charge in [-0.15, -0.1) is 5.10 Å². The summed E-state index contributed by atoms with van der Waals surface area (Å²) >= 11 is 0. The number of pyridine rings is 1. The molecule has 4 heterocycles. The number of hydrogen-bond donors (Lipinski definition) is 1. The monoisotopic (exact) mass is 647 g/mol. The molecular formula is C32H35F2N9O4. The van der Waals surface area contributed by atoms with E-state index in [2.05, 4.69) is 25.6 Å². The van der Waals surface area contributed by atoms with Crippen molar-refractivity contribution in [2.24, 2.45) is 0 Å². The number of benzene rings is 1. The molecule has 0 aliphatic carbocycles. The zero-order valence-corrected chi connectivity index (χ0v) is 27.2. The molecule has 5 rings (SSSR count).